The predicted octanol–water partition coefficient (Wildman–Crippen LogP) is 5.72. The number of imide groups is 1. The minimum absolute atomic E-state index is 0.102. The number of nitrogens with zero attached hydrogens (tertiary/aromatic N) is 4. The summed E-state index contributed by atoms with van der Waals surface area (Å²) in [6.07, 6.45) is -6.93. The van der Waals surface area contributed by atoms with Crippen molar-refractivity contribution in [1.29, 1.82) is 0 Å². The lowest BCUT2D eigenvalue weighted by molar-refractivity contribution is -0.143. The summed E-state index contributed by atoms with van der Waals surface area (Å²) in [7, 11) is 3.65. The smallest absolute Gasteiger partial charge is 0.308 e. The summed E-state index contributed by atoms with van der Waals surface area (Å²) in [6.45, 7) is 0.372. The molecule has 37 heavy (non-hydrogen) atoms. The third-order valence-electron chi connectivity index (χ3n) is 5.67. The first kappa shape index (κ1) is 26.7. The Bertz CT molecular complexity index is 1390. The highest BCUT2D eigenvalue weighted by atomic mass is 32.2. The zero-order valence-corrected chi connectivity index (χ0v) is 20.3. The Labute approximate surface area is 211 Å². The molecule has 0 N–H and O–H groups in total. The van der Waals surface area contributed by atoms with Crippen LogP contribution in [0.15, 0.2) is 47.5 Å². The number of hydrogen-bond acceptors (Lipinski definition) is 5. The van der Waals surface area contributed by atoms with Crippen LogP contribution in [-0.4, -0.2) is 57.9 Å². The molecule has 3 aromatic rings. The Balaban J connectivity index is 1.60. The largest absolute Gasteiger partial charge is 0.416 e. The van der Waals surface area contributed by atoms with Crippen molar-refractivity contribution < 1.29 is 35.9 Å². The Morgan fingerprint density at radius 3 is 2.38 bits per heavy atom. The van der Waals surface area contributed by atoms with Crippen molar-refractivity contribution in [3.05, 3.63) is 69.8 Å². The van der Waals surface area contributed by atoms with E-state index in [1.807, 2.05) is 19.0 Å². The van der Waals surface area contributed by atoms with E-state index in [0.29, 0.717) is 29.1 Å². The summed E-state index contributed by atoms with van der Waals surface area (Å²) in [6, 6.07) is 6.38. The fraction of sp³-hybridized carbons (Fsp3) is 0.292. The quantitative estimate of drug-likeness (QED) is 0.295. The number of fused-ring (bicyclic) bond motifs is 1. The molecule has 0 unspecified atom stereocenters. The minimum atomic E-state index is -4.98. The van der Waals surface area contributed by atoms with Crippen LogP contribution in [0.3, 0.4) is 0 Å². The first-order chi connectivity index (χ1) is 17.2. The zero-order valence-electron chi connectivity index (χ0n) is 19.5. The summed E-state index contributed by atoms with van der Waals surface area (Å²) in [5, 5.41) is 4.28. The third-order valence-corrected chi connectivity index (χ3v) is 6.58. The maximum atomic E-state index is 13.5. The Hall–Kier alpha value is -3.32. The molecule has 0 aliphatic carbocycles. The number of benzene rings is 2. The fourth-order valence-electron chi connectivity index (χ4n) is 3.78. The van der Waals surface area contributed by atoms with Crippen LogP contribution in [-0.2, 0) is 23.7 Å². The molecule has 196 valence electrons. The number of rotatable bonds is 6. The van der Waals surface area contributed by atoms with Crippen molar-refractivity contribution in [2.45, 2.75) is 18.9 Å². The molecule has 2 amide bonds. The molecule has 13 heteroatoms. The average molecular weight is 543 g/mol. The van der Waals surface area contributed by atoms with Gasteiger partial charge in [0, 0.05) is 18.5 Å². The fourth-order valence-corrected chi connectivity index (χ4v) is 4.65. The molecular formula is C24H20F6N4O2S. The van der Waals surface area contributed by atoms with Gasteiger partial charge in [-0.2, -0.15) is 31.4 Å². The van der Waals surface area contributed by atoms with E-state index in [1.165, 1.54) is 10.9 Å². The molecule has 1 fully saturated rings. The number of carbonyl (C=O) groups is 2. The maximum Gasteiger partial charge on any atom is 0.416 e. The topological polar surface area (TPSA) is 58.4 Å². The van der Waals surface area contributed by atoms with Gasteiger partial charge >= 0.3 is 12.4 Å². The van der Waals surface area contributed by atoms with E-state index in [0.717, 1.165) is 22.7 Å². The van der Waals surface area contributed by atoms with E-state index in [4.69, 9.17) is 0 Å². The summed E-state index contributed by atoms with van der Waals surface area (Å²) >= 11 is 0.820. The molecule has 0 spiro atoms. The lowest BCUT2D eigenvalue weighted by atomic mass is 10.0. The number of thioether (sulfide) groups is 1. The number of likely N-dealkylation sites (N-methyl/N-ethyl adjacent to an activating group) is 1. The first-order valence-corrected chi connectivity index (χ1v) is 11.7. The highest BCUT2D eigenvalue weighted by Gasteiger charge is 2.38. The van der Waals surface area contributed by atoms with Gasteiger partial charge in [0.15, 0.2) is 0 Å². The second kappa shape index (κ2) is 9.86. The monoisotopic (exact) mass is 542 g/mol. The molecule has 2 aromatic carbocycles. The molecule has 1 saturated heterocycles. The molecule has 0 saturated carbocycles. The van der Waals surface area contributed by atoms with E-state index in [2.05, 4.69) is 5.10 Å². The van der Waals surface area contributed by atoms with Gasteiger partial charge in [-0.3, -0.25) is 19.2 Å². The number of alkyl halides is 6. The van der Waals surface area contributed by atoms with Gasteiger partial charge in [0.25, 0.3) is 11.1 Å². The van der Waals surface area contributed by atoms with E-state index >= 15 is 0 Å². The minimum Gasteiger partial charge on any atom is -0.308 e. The number of amides is 2. The van der Waals surface area contributed by atoms with E-state index in [1.54, 1.807) is 24.3 Å². The van der Waals surface area contributed by atoms with Gasteiger partial charge in [0.1, 0.15) is 0 Å². The Morgan fingerprint density at radius 2 is 1.73 bits per heavy atom. The number of carbonyl (C=O) groups excluding carboxylic acids is 2. The second-order valence-corrected chi connectivity index (χ2v) is 9.62. The molecule has 1 aliphatic rings. The van der Waals surface area contributed by atoms with Gasteiger partial charge in [0.2, 0.25) is 0 Å². The van der Waals surface area contributed by atoms with Crippen LogP contribution in [0.25, 0.3) is 17.0 Å². The maximum absolute atomic E-state index is 13.5. The van der Waals surface area contributed by atoms with Crippen LogP contribution < -0.4 is 0 Å². The Kier molecular flexibility index (Phi) is 7.12. The molecule has 1 aliphatic heterocycles. The van der Waals surface area contributed by atoms with Crippen LogP contribution in [0.4, 0.5) is 31.1 Å². The number of hydrogen-bond donors (Lipinski definition) is 0. The van der Waals surface area contributed by atoms with Gasteiger partial charge < -0.3 is 4.90 Å². The molecule has 6 nitrogen and oxygen atoms in total. The van der Waals surface area contributed by atoms with Gasteiger partial charge in [-0.15, -0.1) is 0 Å². The van der Waals surface area contributed by atoms with Crippen molar-refractivity contribution in [1.82, 2.24) is 19.6 Å². The van der Waals surface area contributed by atoms with Crippen LogP contribution in [0, 0.1) is 0 Å². The van der Waals surface area contributed by atoms with Gasteiger partial charge in [-0.05, 0) is 67.3 Å². The van der Waals surface area contributed by atoms with Gasteiger partial charge in [-0.1, -0.05) is 12.1 Å². The van der Waals surface area contributed by atoms with Crippen LogP contribution in [0.5, 0.6) is 0 Å². The normalized spacial score (nSPS) is 16.1. The van der Waals surface area contributed by atoms with Crippen molar-refractivity contribution in [2.24, 2.45) is 0 Å². The molecule has 0 atom stereocenters. The standard InChI is InChI=1S/C24H20F6N4O2S/c1-32(2)7-8-33-21(35)20(37-22(33)36)10-14-3-6-19-16(9-14)12-31-34(19)13-15-4-5-17(23(25,26)27)11-18(15)24(28,29)30/h3-6,9-12H,7-8,13H2,1-2H3/b20-10-. The first-order valence-electron chi connectivity index (χ1n) is 10.9. The molecule has 1 aromatic heterocycles. The van der Waals surface area contributed by atoms with Crippen LogP contribution in [0.2, 0.25) is 0 Å². The number of aromatic nitrogens is 2. The highest BCUT2D eigenvalue weighted by Crippen LogP contribution is 2.38. The van der Waals surface area contributed by atoms with Crippen molar-refractivity contribution in [2.75, 3.05) is 27.2 Å². The molecule has 2 heterocycles. The lowest BCUT2D eigenvalue weighted by Gasteiger charge is -2.16. The van der Waals surface area contributed by atoms with Crippen molar-refractivity contribution in [3.8, 4) is 0 Å². The van der Waals surface area contributed by atoms with Gasteiger partial charge in [0.05, 0.1) is 34.3 Å². The molecule has 0 radical (unpaired) electrons. The van der Waals surface area contributed by atoms with E-state index in [-0.39, 0.29) is 28.3 Å². The third kappa shape index (κ3) is 5.82. The van der Waals surface area contributed by atoms with E-state index < -0.39 is 35.9 Å². The van der Waals surface area contributed by atoms with Crippen LogP contribution in [0.1, 0.15) is 22.3 Å². The SMILES string of the molecule is CN(C)CCN1C(=O)S/C(=C\c2ccc3c(cnn3Cc3ccc(C(F)(F)F)cc3C(F)(F)F)c2)C1=O. The lowest BCUT2D eigenvalue weighted by Crippen LogP contribution is -2.34. The van der Waals surface area contributed by atoms with Gasteiger partial charge in [-0.25, -0.2) is 0 Å². The highest BCUT2D eigenvalue weighted by molar-refractivity contribution is 8.18. The molecular weight excluding hydrogens is 522 g/mol. The summed E-state index contributed by atoms with van der Waals surface area (Å²) in [5.74, 6) is -0.408. The number of halogens is 6. The predicted molar refractivity (Wildman–Crippen MR) is 127 cm³/mol. The summed E-state index contributed by atoms with van der Waals surface area (Å²) in [4.78, 5) is 28.1. The van der Waals surface area contributed by atoms with Crippen LogP contribution >= 0.6 is 11.8 Å². The average Bonchev–Trinajstić information content (AvgIpc) is 3.30. The Morgan fingerprint density at radius 1 is 1.00 bits per heavy atom. The summed E-state index contributed by atoms with van der Waals surface area (Å²) < 4.78 is 80.7. The van der Waals surface area contributed by atoms with Crippen molar-refractivity contribution >= 4 is 39.9 Å². The summed E-state index contributed by atoms with van der Waals surface area (Å²) in [5.41, 5.74) is -2.10. The second-order valence-electron chi connectivity index (χ2n) is 8.62. The zero-order chi connectivity index (χ0) is 27.1. The van der Waals surface area contributed by atoms with E-state index in [9.17, 15) is 35.9 Å². The van der Waals surface area contributed by atoms with Crippen molar-refractivity contribution in [3.63, 3.8) is 0 Å². The molecule has 0 bridgehead atoms. The molecule has 4 rings (SSSR count).